The van der Waals surface area contributed by atoms with Crippen LogP contribution >= 0.6 is 0 Å². The van der Waals surface area contributed by atoms with Crippen molar-refractivity contribution >= 4 is 11.7 Å². The molecule has 0 spiro atoms. The van der Waals surface area contributed by atoms with Gasteiger partial charge in [-0.3, -0.25) is 4.79 Å². The Morgan fingerprint density at radius 3 is 3.29 bits per heavy atom. The van der Waals surface area contributed by atoms with Gasteiger partial charge < -0.3 is 21.1 Å². The second-order valence-corrected chi connectivity index (χ2v) is 3.84. The van der Waals surface area contributed by atoms with Gasteiger partial charge in [0.2, 0.25) is 0 Å². The van der Waals surface area contributed by atoms with E-state index >= 15 is 0 Å². The van der Waals surface area contributed by atoms with Gasteiger partial charge >= 0.3 is 0 Å². The molecule has 0 radical (unpaired) electrons. The Morgan fingerprint density at radius 2 is 2.59 bits per heavy atom. The number of rotatable bonds is 4. The molecule has 1 aromatic rings. The Balaban J connectivity index is 1.96. The van der Waals surface area contributed by atoms with Gasteiger partial charge in [-0.05, 0) is 12.1 Å². The zero-order chi connectivity index (χ0) is 12.1. The van der Waals surface area contributed by atoms with Gasteiger partial charge in [-0.15, -0.1) is 0 Å². The van der Waals surface area contributed by atoms with E-state index in [0.29, 0.717) is 24.5 Å². The molecule has 1 amide bonds. The summed E-state index contributed by atoms with van der Waals surface area (Å²) in [5, 5.41) is 6.32. The number of amides is 1. The predicted octanol–water partition coefficient (Wildman–Crippen LogP) is -0.419. The van der Waals surface area contributed by atoms with Crippen molar-refractivity contribution in [3.05, 3.63) is 23.9 Å². The highest BCUT2D eigenvalue weighted by molar-refractivity contribution is 5.97. The van der Waals surface area contributed by atoms with Gasteiger partial charge in [0.25, 0.3) is 5.91 Å². The summed E-state index contributed by atoms with van der Waals surface area (Å²) in [5.74, 6) is 0.0254. The minimum Gasteiger partial charge on any atom is -0.374 e. The van der Waals surface area contributed by atoms with Crippen LogP contribution in [0.3, 0.4) is 0 Å². The van der Waals surface area contributed by atoms with E-state index in [4.69, 9.17) is 10.5 Å². The van der Waals surface area contributed by atoms with Crippen LogP contribution in [0.2, 0.25) is 0 Å². The lowest BCUT2D eigenvalue weighted by atomic mass is 10.2. The van der Waals surface area contributed by atoms with Crippen LogP contribution < -0.4 is 16.4 Å². The third-order valence-corrected chi connectivity index (χ3v) is 2.57. The number of pyridine rings is 1. The summed E-state index contributed by atoms with van der Waals surface area (Å²) in [6, 6.07) is 3.33. The number of morpholine rings is 1. The van der Waals surface area contributed by atoms with Crippen molar-refractivity contribution in [1.82, 2.24) is 10.3 Å². The van der Waals surface area contributed by atoms with E-state index < -0.39 is 5.91 Å². The minimum absolute atomic E-state index is 0.0893. The van der Waals surface area contributed by atoms with Crippen LogP contribution in [0.4, 0.5) is 5.82 Å². The molecular weight excluding hydrogens is 220 g/mol. The standard InChI is InChI=1S/C11H16N4O2/c12-10(16)9-2-1-3-14-11(9)15-7-8-6-13-4-5-17-8/h1-3,8,13H,4-7H2,(H2,12,16)(H,14,15). The Morgan fingerprint density at radius 1 is 1.71 bits per heavy atom. The number of hydrogen-bond acceptors (Lipinski definition) is 5. The first-order valence-corrected chi connectivity index (χ1v) is 5.58. The number of carbonyl (C=O) groups excluding carboxylic acids is 1. The number of nitrogens with two attached hydrogens (primary N) is 1. The number of anilines is 1. The van der Waals surface area contributed by atoms with E-state index in [-0.39, 0.29) is 6.10 Å². The van der Waals surface area contributed by atoms with Gasteiger partial charge in [0.15, 0.2) is 0 Å². The van der Waals surface area contributed by atoms with Crippen molar-refractivity contribution in [2.24, 2.45) is 5.73 Å². The normalized spacial score (nSPS) is 19.9. The molecule has 6 heteroatoms. The van der Waals surface area contributed by atoms with Gasteiger partial charge in [0.1, 0.15) is 5.82 Å². The average molecular weight is 236 g/mol. The molecule has 2 rings (SSSR count). The minimum atomic E-state index is -0.483. The Kier molecular flexibility index (Phi) is 3.89. The lowest BCUT2D eigenvalue weighted by molar-refractivity contribution is 0.0371. The zero-order valence-electron chi connectivity index (χ0n) is 9.48. The highest BCUT2D eigenvalue weighted by Crippen LogP contribution is 2.10. The van der Waals surface area contributed by atoms with Crippen molar-refractivity contribution in [3.8, 4) is 0 Å². The topological polar surface area (TPSA) is 89.3 Å². The van der Waals surface area contributed by atoms with Crippen LogP contribution in [-0.4, -0.2) is 43.2 Å². The molecule has 92 valence electrons. The molecule has 1 aromatic heterocycles. The van der Waals surface area contributed by atoms with Crippen molar-refractivity contribution in [1.29, 1.82) is 0 Å². The van der Waals surface area contributed by atoms with Crippen molar-refractivity contribution in [2.45, 2.75) is 6.10 Å². The largest absolute Gasteiger partial charge is 0.374 e. The summed E-state index contributed by atoms with van der Waals surface area (Å²) in [7, 11) is 0. The molecule has 1 aliphatic heterocycles. The molecule has 1 atom stereocenters. The van der Waals surface area contributed by atoms with Crippen molar-refractivity contribution < 1.29 is 9.53 Å². The van der Waals surface area contributed by atoms with Gasteiger partial charge in [-0.2, -0.15) is 0 Å². The second-order valence-electron chi connectivity index (χ2n) is 3.84. The molecule has 6 nitrogen and oxygen atoms in total. The van der Waals surface area contributed by atoms with E-state index in [1.165, 1.54) is 0 Å². The van der Waals surface area contributed by atoms with Crippen molar-refractivity contribution in [3.63, 3.8) is 0 Å². The van der Waals surface area contributed by atoms with Crippen LogP contribution in [0, 0.1) is 0 Å². The van der Waals surface area contributed by atoms with Crippen LogP contribution in [0.1, 0.15) is 10.4 Å². The quantitative estimate of drug-likeness (QED) is 0.660. The van der Waals surface area contributed by atoms with E-state index in [0.717, 1.165) is 13.1 Å². The van der Waals surface area contributed by atoms with Gasteiger partial charge in [-0.25, -0.2) is 4.98 Å². The first-order chi connectivity index (χ1) is 8.27. The molecule has 17 heavy (non-hydrogen) atoms. The fraction of sp³-hybridized carbons (Fsp3) is 0.455. The monoisotopic (exact) mass is 236 g/mol. The maximum Gasteiger partial charge on any atom is 0.252 e. The number of nitrogens with one attached hydrogen (secondary N) is 2. The maximum atomic E-state index is 11.2. The number of ether oxygens (including phenoxy) is 1. The second kappa shape index (κ2) is 5.60. The van der Waals surface area contributed by atoms with E-state index in [9.17, 15) is 4.79 Å². The highest BCUT2D eigenvalue weighted by atomic mass is 16.5. The van der Waals surface area contributed by atoms with Crippen LogP contribution in [0.15, 0.2) is 18.3 Å². The number of nitrogens with zero attached hydrogens (tertiary/aromatic N) is 1. The summed E-state index contributed by atoms with van der Waals surface area (Å²) in [6.07, 6.45) is 1.71. The van der Waals surface area contributed by atoms with Gasteiger partial charge in [0.05, 0.1) is 18.3 Å². The maximum absolute atomic E-state index is 11.2. The summed E-state index contributed by atoms with van der Waals surface area (Å²) in [4.78, 5) is 15.3. The molecule has 0 bridgehead atoms. The van der Waals surface area contributed by atoms with E-state index in [1.54, 1.807) is 18.3 Å². The van der Waals surface area contributed by atoms with Gasteiger partial charge in [-0.1, -0.05) is 0 Å². The molecule has 1 fully saturated rings. The predicted molar refractivity (Wildman–Crippen MR) is 63.9 cm³/mol. The van der Waals surface area contributed by atoms with Crippen LogP contribution in [-0.2, 0) is 4.74 Å². The molecule has 0 saturated carbocycles. The SMILES string of the molecule is NC(=O)c1cccnc1NCC1CNCCO1. The molecule has 1 aliphatic rings. The Bertz CT molecular complexity index is 391. The molecule has 2 heterocycles. The molecule has 4 N–H and O–H groups in total. The molecule has 0 aromatic carbocycles. The Labute approximate surface area is 99.5 Å². The third-order valence-electron chi connectivity index (χ3n) is 2.57. The first kappa shape index (κ1) is 11.8. The van der Waals surface area contributed by atoms with E-state index in [2.05, 4.69) is 15.6 Å². The lowest BCUT2D eigenvalue weighted by Crippen LogP contribution is -2.42. The lowest BCUT2D eigenvalue weighted by Gasteiger charge is -2.24. The highest BCUT2D eigenvalue weighted by Gasteiger charge is 2.14. The smallest absolute Gasteiger partial charge is 0.252 e. The summed E-state index contributed by atoms with van der Waals surface area (Å²) >= 11 is 0. The molecule has 1 unspecified atom stereocenters. The van der Waals surface area contributed by atoms with Crippen molar-refractivity contribution in [2.75, 3.05) is 31.6 Å². The summed E-state index contributed by atoms with van der Waals surface area (Å²) < 4.78 is 5.53. The van der Waals surface area contributed by atoms with E-state index in [1.807, 2.05) is 0 Å². The molecule has 0 aliphatic carbocycles. The summed E-state index contributed by atoms with van der Waals surface area (Å²) in [5.41, 5.74) is 5.66. The number of carbonyl (C=O) groups is 1. The van der Waals surface area contributed by atoms with Crippen LogP contribution in [0.5, 0.6) is 0 Å². The fourth-order valence-corrected chi connectivity index (χ4v) is 1.71. The average Bonchev–Trinajstić information content (AvgIpc) is 2.38. The molecular formula is C11H16N4O2. The molecule has 1 saturated heterocycles. The number of hydrogen-bond donors (Lipinski definition) is 3. The number of primary amides is 1. The summed E-state index contributed by atoms with van der Waals surface area (Å²) in [6.45, 7) is 2.99. The van der Waals surface area contributed by atoms with Crippen LogP contribution in [0.25, 0.3) is 0 Å². The number of aromatic nitrogens is 1. The Hall–Kier alpha value is -1.66. The van der Waals surface area contributed by atoms with Gasteiger partial charge in [0, 0.05) is 25.8 Å². The first-order valence-electron chi connectivity index (χ1n) is 5.58. The third kappa shape index (κ3) is 3.15. The zero-order valence-corrected chi connectivity index (χ0v) is 9.48. The fourth-order valence-electron chi connectivity index (χ4n) is 1.71.